The van der Waals surface area contributed by atoms with Gasteiger partial charge in [0.15, 0.2) is 0 Å². The van der Waals surface area contributed by atoms with E-state index in [1.165, 1.54) is 0 Å². The quantitative estimate of drug-likeness (QED) is 0.867. The molecule has 0 saturated carbocycles. The normalized spacial score (nSPS) is 12.7. The van der Waals surface area contributed by atoms with E-state index in [2.05, 4.69) is 15.9 Å². The second kappa shape index (κ2) is 5.48. The molecule has 78 valence electrons. The lowest BCUT2D eigenvalue weighted by Gasteiger charge is -2.09. The fourth-order valence-electron chi connectivity index (χ4n) is 1.21. The van der Waals surface area contributed by atoms with E-state index in [9.17, 15) is 4.79 Å². The van der Waals surface area contributed by atoms with Crippen LogP contribution in [0.3, 0.4) is 0 Å². The average Bonchev–Trinajstić information content (AvgIpc) is 2.51. The molecule has 1 heterocycles. The predicted octanol–water partition coefficient (Wildman–Crippen LogP) is 2.10. The van der Waals surface area contributed by atoms with Crippen molar-refractivity contribution in [1.82, 2.24) is 0 Å². The van der Waals surface area contributed by atoms with Crippen LogP contribution in [0.2, 0.25) is 0 Å². The van der Waals surface area contributed by atoms with Crippen molar-refractivity contribution in [2.45, 2.75) is 12.8 Å². The van der Waals surface area contributed by atoms with Crippen molar-refractivity contribution in [3.8, 4) is 0 Å². The smallest absolute Gasteiger partial charge is 0.306 e. The molecule has 0 spiro atoms. The van der Waals surface area contributed by atoms with Crippen LogP contribution in [0.25, 0.3) is 0 Å². The Kier molecular flexibility index (Phi) is 4.57. The second-order valence-corrected chi connectivity index (χ2v) is 4.86. The van der Waals surface area contributed by atoms with Gasteiger partial charge in [0.2, 0.25) is 0 Å². The highest BCUT2D eigenvalue weighted by atomic mass is 79.9. The third-order valence-electron chi connectivity index (χ3n) is 1.99. The summed E-state index contributed by atoms with van der Waals surface area (Å²) in [5.74, 6) is -1.13. The number of thiophene rings is 1. The molecule has 0 bridgehead atoms. The van der Waals surface area contributed by atoms with E-state index in [4.69, 9.17) is 10.8 Å². The van der Waals surface area contributed by atoms with Gasteiger partial charge in [0, 0.05) is 9.35 Å². The number of rotatable bonds is 5. The minimum Gasteiger partial charge on any atom is -0.481 e. The third kappa shape index (κ3) is 3.08. The molecule has 1 atom stereocenters. The molecule has 0 radical (unpaired) electrons. The molecule has 3 N–H and O–H groups in total. The van der Waals surface area contributed by atoms with Gasteiger partial charge in [-0.25, -0.2) is 0 Å². The summed E-state index contributed by atoms with van der Waals surface area (Å²) < 4.78 is 0.991. The van der Waals surface area contributed by atoms with Gasteiger partial charge in [-0.3, -0.25) is 4.79 Å². The van der Waals surface area contributed by atoms with Gasteiger partial charge in [-0.05, 0) is 46.8 Å². The van der Waals surface area contributed by atoms with Gasteiger partial charge in [-0.15, -0.1) is 11.3 Å². The zero-order valence-electron chi connectivity index (χ0n) is 7.57. The molecular weight excluding hydrogens is 266 g/mol. The average molecular weight is 278 g/mol. The molecule has 0 fully saturated rings. The Morgan fingerprint density at radius 3 is 2.86 bits per heavy atom. The molecule has 1 rings (SSSR count). The fraction of sp³-hybridized carbons (Fsp3) is 0.444. The summed E-state index contributed by atoms with van der Waals surface area (Å²) in [4.78, 5) is 11.9. The Morgan fingerprint density at radius 1 is 1.71 bits per heavy atom. The van der Waals surface area contributed by atoms with Gasteiger partial charge in [-0.1, -0.05) is 0 Å². The lowest BCUT2D eigenvalue weighted by Crippen LogP contribution is -2.19. The molecular formula is C9H12BrNO2S. The van der Waals surface area contributed by atoms with Crippen molar-refractivity contribution in [3.63, 3.8) is 0 Å². The number of hydrogen-bond donors (Lipinski definition) is 2. The zero-order valence-corrected chi connectivity index (χ0v) is 9.97. The fourth-order valence-corrected chi connectivity index (χ4v) is 2.80. The highest BCUT2D eigenvalue weighted by molar-refractivity contribution is 9.10. The van der Waals surface area contributed by atoms with E-state index in [1.54, 1.807) is 11.3 Å². The summed E-state index contributed by atoms with van der Waals surface area (Å²) in [6.45, 7) is 0.417. The molecule has 0 aliphatic rings. The zero-order chi connectivity index (χ0) is 10.6. The molecule has 0 aromatic carbocycles. The van der Waals surface area contributed by atoms with Crippen LogP contribution in [0.1, 0.15) is 11.3 Å². The number of carboxylic acids is 1. The van der Waals surface area contributed by atoms with E-state index in [1.807, 2.05) is 11.4 Å². The van der Waals surface area contributed by atoms with Crippen molar-refractivity contribution in [2.24, 2.45) is 11.7 Å². The Labute approximate surface area is 95.1 Å². The first-order chi connectivity index (χ1) is 6.65. The van der Waals surface area contributed by atoms with Gasteiger partial charge in [0.05, 0.1) is 5.92 Å². The molecule has 0 amide bonds. The van der Waals surface area contributed by atoms with Crippen molar-refractivity contribution < 1.29 is 9.90 Å². The second-order valence-electron chi connectivity index (χ2n) is 3.01. The third-order valence-corrected chi connectivity index (χ3v) is 3.94. The highest BCUT2D eigenvalue weighted by Crippen LogP contribution is 2.26. The number of carboxylic acid groups (broad SMARTS) is 1. The number of halogens is 1. The number of aliphatic carboxylic acids is 1. The predicted molar refractivity (Wildman–Crippen MR) is 60.5 cm³/mol. The first-order valence-electron chi connectivity index (χ1n) is 4.30. The molecule has 1 aromatic rings. The Bertz CT molecular complexity index is 314. The van der Waals surface area contributed by atoms with Crippen LogP contribution in [0.4, 0.5) is 0 Å². The Balaban J connectivity index is 2.64. The summed E-state index contributed by atoms with van der Waals surface area (Å²) >= 11 is 4.95. The largest absolute Gasteiger partial charge is 0.481 e. The Morgan fingerprint density at radius 2 is 2.43 bits per heavy atom. The maximum absolute atomic E-state index is 10.9. The highest BCUT2D eigenvalue weighted by Gasteiger charge is 2.18. The van der Waals surface area contributed by atoms with E-state index in [0.717, 1.165) is 9.35 Å². The molecule has 1 aromatic heterocycles. The topological polar surface area (TPSA) is 63.3 Å². The minimum absolute atomic E-state index is 0.366. The molecule has 0 aliphatic heterocycles. The van der Waals surface area contributed by atoms with Crippen LogP contribution in [0.5, 0.6) is 0 Å². The maximum atomic E-state index is 10.9. The van der Waals surface area contributed by atoms with Crippen LogP contribution in [-0.4, -0.2) is 17.6 Å². The van der Waals surface area contributed by atoms with Crippen molar-refractivity contribution in [3.05, 3.63) is 20.8 Å². The van der Waals surface area contributed by atoms with Crippen molar-refractivity contribution >= 4 is 33.2 Å². The molecule has 14 heavy (non-hydrogen) atoms. The Hall–Kier alpha value is -0.390. The van der Waals surface area contributed by atoms with Crippen molar-refractivity contribution in [2.75, 3.05) is 6.54 Å². The summed E-state index contributed by atoms with van der Waals surface area (Å²) in [5.41, 5.74) is 5.36. The monoisotopic (exact) mass is 277 g/mol. The number of carbonyl (C=O) groups is 1. The van der Waals surface area contributed by atoms with Gasteiger partial charge < -0.3 is 10.8 Å². The molecule has 5 heteroatoms. The first-order valence-corrected chi connectivity index (χ1v) is 5.97. The van der Waals surface area contributed by atoms with Crippen LogP contribution in [0, 0.1) is 5.92 Å². The van der Waals surface area contributed by atoms with Crippen LogP contribution < -0.4 is 5.73 Å². The van der Waals surface area contributed by atoms with Gasteiger partial charge >= 0.3 is 5.97 Å². The SMILES string of the molecule is NCCC(Cc1sccc1Br)C(=O)O. The minimum atomic E-state index is -0.768. The van der Waals surface area contributed by atoms with Gasteiger partial charge in [-0.2, -0.15) is 0 Å². The van der Waals surface area contributed by atoms with Crippen LogP contribution in [0.15, 0.2) is 15.9 Å². The first kappa shape index (κ1) is 11.7. The molecule has 0 aliphatic carbocycles. The summed E-state index contributed by atoms with van der Waals surface area (Å²) in [5, 5.41) is 10.9. The number of nitrogens with two attached hydrogens (primary N) is 1. The van der Waals surface area contributed by atoms with Crippen LogP contribution >= 0.6 is 27.3 Å². The standard InChI is InChI=1S/C9H12BrNO2S/c10-7-2-4-14-8(7)5-6(1-3-11)9(12)13/h2,4,6H,1,3,5,11H2,(H,12,13). The lowest BCUT2D eigenvalue weighted by molar-refractivity contribution is -0.141. The summed E-state index contributed by atoms with van der Waals surface area (Å²) in [6.07, 6.45) is 1.09. The van der Waals surface area contributed by atoms with E-state index < -0.39 is 5.97 Å². The van der Waals surface area contributed by atoms with Crippen LogP contribution in [-0.2, 0) is 11.2 Å². The van der Waals surface area contributed by atoms with E-state index in [-0.39, 0.29) is 5.92 Å². The van der Waals surface area contributed by atoms with E-state index >= 15 is 0 Å². The number of hydrogen-bond acceptors (Lipinski definition) is 3. The van der Waals surface area contributed by atoms with E-state index in [0.29, 0.717) is 19.4 Å². The van der Waals surface area contributed by atoms with Gasteiger partial charge in [0.1, 0.15) is 0 Å². The summed E-state index contributed by atoms with van der Waals surface area (Å²) in [7, 11) is 0. The van der Waals surface area contributed by atoms with Gasteiger partial charge in [0.25, 0.3) is 0 Å². The molecule has 1 unspecified atom stereocenters. The molecule has 3 nitrogen and oxygen atoms in total. The summed E-state index contributed by atoms with van der Waals surface area (Å²) in [6, 6.07) is 1.93. The maximum Gasteiger partial charge on any atom is 0.306 e. The van der Waals surface area contributed by atoms with Crippen molar-refractivity contribution in [1.29, 1.82) is 0 Å². The molecule has 0 saturated heterocycles. The lowest BCUT2D eigenvalue weighted by atomic mass is 10.0.